The molecule has 0 spiro atoms. The highest BCUT2D eigenvalue weighted by atomic mass is 35.5. The molecule has 1 fully saturated rings. The highest BCUT2D eigenvalue weighted by Gasteiger charge is 2.25. The summed E-state index contributed by atoms with van der Waals surface area (Å²) in [6.07, 6.45) is 7.15. The molecule has 2 nitrogen and oxygen atoms in total. The molecule has 3 rings (SSSR count). The van der Waals surface area contributed by atoms with Gasteiger partial charge in [0, 0.05) is 23.0 Å². The van der Waals surface area contributed by atoms with Crippen molar-refractivity contribution < 1.29 is 0 Å². The molecule has 1 aromatic carbocycles. The minimum atomic E-state index is 0.613. The summed E-state index contributed by atoms with van der Waals surface area (Å²) in [6.45, 7) is 0. The molecule has 4 heteroatoms. The van der Waals surface area contributed by atoms with Crippen molar-refractivity contribution in [3.8, 4) is 0 Å². The van der Waals surface area contributed by atoms with Gasteiger partial charge >= 0.3 is 0 Å². The van der Waals surface area contributed by atoms with Crippen LogP contribution in [-0.2, 0) is 0 Å². The maximum atomic E-state index is 6.07. The largest absolute Gasteiger partial charge is 0.328 e. The number of hydrogen-bond donors (Lipinski definition) is 0. The first kappa shape index (κ1) is 10.5. The molecule has 16 heavy (non-hydrogen) atoms. The normalized spacial score (nSPS) is 20.2. The van der Waals surface area contributed by atoms with Crippen molar-refractivity contribution in [3.63, 3.8) is 0 Å². The van der Waals surface area contributed by atoms with Gasteiger partial charge in [0.05, 0.1) is 10.6 Å². The lowest BCUT2D eigenvalue weighted by Gasteiger charge is -2.30. The predicted molar refractivity (Wildman–Crippen MR) is 70.5 cm³/mol. The Morgan fingerprint density at radius 2 is 2.12 bits per heavy atom. The smallest absolute Gasteiger partial charge is 0.104 e. The van der Waals surface area contributed by atoms with Gasteiger partial charge < -0.3 is 4.90 Å². The van der Waals surface area contributed by atoms with Crippen molar-refractivity contribution in [2.75, 3.05) is 4.90 Å². The molecule has 0 radical (unpaired) electrons. The van der Waals surface area contributed by atoms with Crippen LogP contribution in [0.25, 0.3) is 0 Å². The van der Waals surface area contributed by atoms with Crippen LogP contribution in [0.15, 0.2) is 27.5 Å². The minimum Gasteiger partial charge on any atom is -0.328 e. The lowest BCUT2D eigenvalue weighted by molar-refractivity contribution is 0.691. The maximum Gasteiger partial charge on any atom is 0.104 e. The number of anilines is 1. The van der Waals surface area contributed by atoms with E-state index in [1.165, 1.54) is 48.2 Å². The van der Waals surface area contributed by atoms with Gasteiger partial charge in [-0.15, -0.1) is 0 Å². The molecule has 0 unspecified atom stereocenters. The summed E-state index contributed by atoms with van der Waals surface area (Å²) in [7, 11) is 0. The number of halogens is 1. The molecule has 0 atom stereocenters. The van der Waals surface area contributed by atoms with Crippen LogP contribution in [0.5, 0.6) is 0 Å². The van der Waals surface area contributed by atoms with E-state index in [9.17, 15) is 0 Å². The summed E-state index contributed by atoms with van der Waals surface area (Å²) in [5.41, 5.74) is 1.22. The fraction of sp³-hybridized carbons (Fsp3) is 0.417. The summed E-state index contributed by atoms with van der Waals surface area (Å²) in [4.78, 5) is 3.50. The van der Waals surface area contributed by atoms with E-state index in [2.05, 4.69) is 15.4 Å². The zero-order chi connectivity index (χ0) is 11.0. The molecule has 1 saturated carbocycles. The molecule has 0 aromatic heterocycles. The lowest BCUT2D eigenvalue weighted by atomic mass is 10.2. The van der Waals surface area contributed by atoms with Gasteiger partial charge in [0.15, 0.2) is 0 Å². The van der Waals surface area contributed by atoms with E-state index in [0.29, 0.717) is 6.04 Å². The van der Waals surface area contributed by atoms with Crippen molar-refractivity contribution >= 4 is 35.6 Å². The maximum absolute atomic E-state index is 6.07. The molecule has 1 aliphatic heterocycles. The van der Waals surface area contributed by atoms with Crippen LogP contribution < -0.4 is 4.90 Å². The molecular formula is C12H13ClN2S. The van der Waals surface area contributed by atoms with Crippen LogP contribution in [0, 0.1) is 0 Å². The van der Waals surface area contributed by atoms with Gasteiger partial charge in [-0.25, -0.2) is 4.40 Å². The molecule has 0 bridgehead atoms. The van der Waals surface area contributed by atoms with Gasteiger partial charge in [0.2, 0.25) is 0 Å². The van der Waals surface area contributed by atoms with E-state index < -0.39 is 0 Å². The average Bonchev–Trinajstić information content (AvgIpc) is 2.81. The number of hydrogen-bond acceptors (Lipinski definition) is 3. The Hall–Kier alpha value is -0.670. The Balaban J connectivity index is 1.98. The predicted octanol–water partition coefficient (Wildman–Crippen LogP) is 4.14. The highest BCUT2D eigenvalue weighted by molar-refractivity contribution is 7.98. The van der Waals surface area contributed by atoms with E-state index in [4.69, 9.17) is 11.6 Å². The second-order valence-corrected chi connectivity index (χ2v) is 5.54. The summed E-state index contributed by atoms with van der Waals surface area (Å²) in [5, 5.41) is 0.803. The number of benzene rings is 1. The average molecular weight is 253 g/mol. The van der Waals surface area contributed by atoms with Gasteiger partial charge in [-0.1, -0.05) is 24.4 Å². The fourth-order valence-corrected chi connectivity index (χ4v) is 3.25. The standard InChI is InChI=1S/C12H13ClN2S/c13-9-5-6-12-11(7-9)15(8-14-16-12)10-3-1-2-4-10/h5-8,10H,1-4H2. The third-order valence-electron chi connectivity index (χ3n) is 3.24. The summed E-state index contributed by atoms with van der Waals surface area (Å²) in [5.74, 6) is 0. The Labute approximate surface area is 105 Å². The van der Waals surface area contributed by atoms with Gasteiger partial charge in [-0.2, -0.15) is 0 Å². The molecular weight excluding hydrogens is 240 g/mol. The fourth-order valence-electron chi connectivity index (χ4n) is 2.44. The molecule has 1 aliphatic carbocycles. The van der Waals surface area contributed by atoms with Gasteiger partial charge in [0.25, 0.3) is 0 Å². The molecule has 0 saturated heterocycles. The van der Waals surface area contributed by atoms with E-state index in [0.717, 1.165) is 5.02 Å². The molecule has 1 aromatic rings. The molecule has 2 aliphatic rings. The van der Waals surface area contributed by atoms with Crippen LogP contribution in [0.1, 0.15) is 25.7 Å². The Morgan fingerprint density at radius 1 is 1.31 bits per heavy atom. The van der Waals surface area contributed by atoms with Gasteiger partial charge in [-0.05, 0) is 31.0 Å². The second-order valence-electron chi connectivity index (χ2n) is 4.27. The van der Waals surface area contributed by atoms with Crippen molar-refractivity contribution in [1.29, 1.82) is 0 Å². The first-order valence-electron chi connectivity index (χ1n) is 5.63. The molecule has 0 amide bonds. The SMILES string of the molecule is Clc1ccc2c(c1)N(C1CCCC1)C=NS2. The van der Waals surface area contributed by atoms with E-state index in [1.807, 2.05) is 18.5 Å². The van der Waals surface area contributed by atoms with Crippen LogP contribution in [0.4, 0.5) is 5.69 Å². The van der Waals surface area contributed by atoms with Crippen LogP contribution >= 0.6 is 23.5 Å². The van der Waals surface area contributed by atoms with Crippen molar-refractivity contribution in [1.82, 2.24) is 0 Å². The Bertz CT molecular complexity index is 427. The van der Waals surface area contributed by atoms with E-state index in [1.54, 1.807) is 0 Å². The van der Waals surface area contributed by atoms with Crippen LogP contribution in [0.3, 0.4) is 0 Å². The number of nitrogens with zero attached hydrogens (tertiary/aromatic N) is 2. The van der Waals surface area contributed by atoms with Crippen molar-refractivity contribution in [2.45, 2.75) is 36.6 Å². The number of rotatable bonds is 1. The molecule has 1 heterocycles. The summed E-state index contributed by atoms with van der Waals surface area (Å²) in [6, 6.07) is 6.65. The van der Waals surface area contributed by atoms with E-state index >= 15 is 0 Å². The van der Waals surface area contributed by atoms with E-state index in [-0.39, 0.29) is 0 Å². The Kier molecular flexibility index (Phi) is 2.82. The minimum absolute atomic E-state index is 0.613. The van der Waals surface area contributed by atoms with Crippen molar-refractivity contribution in [3.05, 3.63) is 23.2 Å². The zero-order valence-electron chi connectivity index (χ0n) is 8.90. The summed E-state index contributed by atoms with van der Waals surface area (Å²) < 4.78 is 4.35. The topological polar surface area (TPSA) is 15.6 Å². The second kappa shape index (κ2) is 4.30. The molecule has 84 valence electrons. The monoisotopic (exact) mass is 252 g/mol. The summed E-state index contributed by atoms with van der Waals surface area (Å²) >= 11 is 7.60. The first-order chi connectivity index (χ1) is 7.84. The molecule has 0 N–H and O–H groups in total. The third kappa shape index (κ3) is 1.82. The quantitative estimate of drug-likeness (QED) is 0.698. The first-order valence-corrected chi connectivity index (χ1v) is 6.78. The van der Waals surface area contributed by atoms with Gasteiger partial charge in [-0.3, -0.25) is 0 Å². The Morgan fingerprint density at radius 3 is 2.94 bits per heavy atom. The number of fused-ring (bicyclic) bond motifs is 1. The van der Waals surface area contributed by atoms with Crippen LogP contribution in [-0.4, -0.2) is 12.4 Å². The van der Waals surface area contributed by atoms with Gasteiger partial charge in [0.1, 0.15) is 6.34 Å². The lowest BCUT2D eigenvalue weighted by Crippen LogP contribution is -2.33. The van der Waals surface area contributed by atoms with Crippen molar-refractivity contribution in [2.24, 2.45) is 4.40 Å². The van der Waals surface area contributed by atoms with Crippen LogP contribution in [0.2, 0.25) is 5.02 Å². The zero-order valence-corrected chi connectivity index (χ0v) is 10.5. The third-order valence-corrected chi connectivity index (χ3v) is 4.22. The highest BCUT2D eigenvalue weighted by Crippen LogP contribution is 2.39.